The number of benzene rings is 3. The number of nitrogens with one attached hydrogen (secondary N) is 2. The standard InChI is InChI=1S/C26H18Cl3N3O5/c1-14-2-6-18(12-21(14)29)30-23(33)13-37-22-9-5-17(28)10-15(22)11-20-24(34)31-26(36)32(25(20)35)19-7-3-16(27)4-8-19/h2-12H,13H2,1H3,(H,30,33)(H,31,34,36)/b20-11-. The third kappa shape index (κ3) is 6.11. The molecular formula is C26H18Cl3N3O5. The Kier molecular flexibility index (Phi) is 7.83. The maximum absolute atomic E-state index is 13.1. The van der Waals surface area contributed by atoms with Gasteiger partial charge in [0.2, 0.25) is 0 Å². The number of aryl methyl sites for hydroxylation is 1. The molecule has 0 aliphatic carbocycles. The summed E-state index contributed by atoms with van der Waals surface area (Å²) in [4.78, 5) is 51.3. The summed E-state index contributed by atoms with van der Waals surface area (Å²) in [5, 5.41) is 6.04. The first-order valence-electron chi connectivity index (χ1n) is 10.8. The topological polar surface area (TPSA) is 105 Å². The molecule has 0 spiro atoms. The monoisotopic (exact) mass is 557 g/mol. The van der Waals surface area contributed by atoms with Gasteiger partial charge in [-0.15, -0.1) is 0 Å². The molecule has 37 heavy (non-hydrogen) atoms. The van der Waals surface area contributed by atoms with Crippen LogP contribution in [0, 0.1) is 6.92 Å². The Morgan fingerprint density at radius 1 is 0.973 bits per heavy atom. The van der Waals surface area contributed by atoms with Gasteiger partial charge in [0.05, 0.1) is 5.69 Å². The SMILES string of the molecule is Cc1ccc(NC(=O)COc2ccc(Cl)cc2/C=C2/C(=O)NC(=O)N(c3ccc(Cl)cc3)C2=O)cc1Cl. The fourth-order valence-corrected chi connectivity index (χ4v) is 3.90. The van der Waals surface area contributed by atoms with Gasteiger partial charge in [-0.2, -0.15) is 0 Å². The van der Waals surface area contributed by atoms with E-state index in [4.69, 9.17) is 39.5 Å². The Bertz CT molecular complexity index is 1450. The van der Waals surface area contributed by atoms with E-state index < -0.39 is 23.8 Å². The number of barbiturate groups is 1. The minimum atomic E-state index is -0.898. The predicted molar refractivity (Wildman–Crippen MR) is 142 cm³/mol. The molecule has 3 aromatic carbocycles. The van der Waals surface area contributed by atoms with E-state index in [-0.39, 0.29) is 29.2 Å². The van der Waals surface area contributed by atoms with Crippen molar-refractivity contribution in [3.8, 4) is 5.75 Å². The lowest BCUT2D eigenvalue weighted by molar-refractivity contribution is -0.122. The van der Waals surface area contributed by atoms with E-state index in [1.807, 2.05) is 6.92 Å². The average Bonchev–Trinajstić information content (AvgIpc) is 2.84. The summed E-state index contributed by atoms with van der Waals surface area (Å²) in [7, 11) is 0. The molecule has 0 radical (unpaired) electrons. The minimum absolute atomic E-state index is 0.185. The molecule has 0 bridgehead atoms. The van der Waals surface area contributed by atoms with E-state index in [1.165, 1.54) is 48.5 Å². The van der Waals surface area contributed by atoms with Crippen molar-refractivity contribution >= 4 is 76.0 Å². The van der Waals surface area contributed by atoms with Crippen LogP contribution in [0.25, 0.3) is 6.08 Å². The van der Waals surface area contributed by atoms with Gasteiger partial charge < -0.3 is 10.1 Å². The highest BCUT2D eigenvalue weighted by Gasteiger charge is 2.37. The molecule has 1 aliphatic heterocycles. The number of carbonyl (C=O) groups excluding carboxylic acids is 4. The van der Waals surface area contributed by atoms with Crippen molar-refractivity contribution in [2.75, 3.05) is 16.8 Å². The molecule has 3 aromatic rings. The first kappa shape index (κ1) is 26.2. The number of anilines is 2. The van der Waals surface area contributed by atoms with Crippen LogP contribution >= 0.6 is 34.8 Å². The summed E-state index contributed by atoms with van der Waals surface area (Å²) in [6, 6.07) is 14.7. The molecule has 0 unspecified atom stereocenters. The van der Waals surface area contributed by atoms with Crippen molar-refractivity contribution in [2.24, 2.45) is 0 Å². The summed E-state index contributed by atoms with van der Waals surface area (Å²) < 4.78 is 5.65. The van der Waals surface area contributed by atoms with Gasteiger partial charge in [-0.25, -0.2) is 9.69 Å². The molecule has 1 fully saturated rings. The van der Waals surface area contributed by atoms with Crippen LogP contribution < -0.4 is 20.3 Å². The number of imide groups is 2. The van der Waals surface area contributed by atoms with Crippen molar-refractivity contribution in [1.82, 2.24) is 5.32 Å². The zero-order valence-corrected chi connectivity index (χ0v) is 21.4. The highest BCUT2D eigenvalue weighted by Crippen LogP contribution is 2.28. The van der Waals surface area contributed by atoms with Crippen molar-refractivity contribution in [1.29, 1.82) is 0 Å². The second kappa shape index (κ2) is 11.0. The number of carbonyl (C=O) groups is 4. The van der Waals surface area contributed by atoms with E-state index in [0.717, 1.165) is 10.5 Å². The first-order chi connectivity index (χ1) is 17.6. The quantitative estimate of drug-likeness (QED) is 0.301. The zero-order valence-electron chi connectivity index (χ0n) is 19.2. The predicted octanol–water partition coefficient (Wildman–Crippen LogP) is 5.64. The number of halogens is 3. The highest BCUT2D eigenvalue weighted by molar-refractivity contribution is 6.39. The Labute approximate surface area is 226 Å². The summed E-state index contributed by atoms with van der Waals surface area (Å²) >= 11 is 18.1. The fraction of sp³-hybridized carbons (Fsp3) is 0.0769. The summed E-state index contributed by atoms with van der Waals surface area (Å²) in [5.74, 6) is -2.01. The van der Waals surface area contributed by atoms with E-state index in [0.29, 0.717) is 20.8 Å². The van der Waals surface area contributed by atoms with Crippen LogP contribution in [-0.4, -0.2) is 30.4 Å². The molecule has 5 amide bonds. The molecule has 1 heterocycles. The van der Waals surface area contributed by atoms with Gasteiger partial charge in [0.25, 0.3) is 17.7 Å². The number of ether oxygens (including phenoxy) is 1. The van der Waals surface area contributed by atoms with Gasteiger partial charge in [0, 0.05) is 26.3 Å². The average molecular weight is 559 g/mol. The van der Waals surface area contributed by atoms with Crippen molar-refractivity contribution in [3.05, 3.63) is 92.4 Å². The number of rotatable bonds is 6. The Hall–Kier alpha value is -3.85. The third-order valence-corrected chi connectivity index (χ3v) is 6.17. The van der Waals surface area contributed by atoms with Gasteiger partial charge in [0.15, 0.2) is 6.61 Å². The van der Waals surface area contributed by atoms with Gasteiger partial charge in [-0.3, -0.25) is 19.7 Å². The van der Waals surface area contributed by atoms with Crippen LogP contribution in [-0.2, 0) is 14.4 Å². The molecule has 0 aromatic heterocycles. The largest absolute Gasteiger partial charge is 0.483 e. The molecule has 188 valence electrons. The Morgan fingerprint density at radius 3 is 2.38 bits per heavy atom. The van der Waals surface area contributed by atoms with Gasteiger partial charge in [0.1, 0.15) is 11.3 Å². The Balaban J connectivity index is 1.57. The second-order valence-electron chi connectivity index (χ2n) is 7.92. The number of hydrogen-bond donors (Lipinski definition) is 2. The van der Waals surface area contributed by atoms with E-state index >= 15 is 0 Å². The summed E-state index contributed by atoms with van der Waals surface area (Å²) in [6.45, 7) is 1.47. The van der Waals surface area contributed by atoms with Gasteiger partial charge >= 0.3 is 6.03 Å². The Morgan fingerprint density at radius 2 is 1.68 bits per heavy atom. The molecule has 2 N–H and O–H groups in total. The molecule has 0 atom stereocenters. The minimum Gasteiger partial charge on any atom is -0.483 e. The van der Waals surface area contributed by atoms with Crippen molar-refractivity contribution < 1.29 is 23.9 Å². The van der Waals surface area contributed by atoms with Crippen LogP contribution in [0.2, 0.25) is 15.1 Å². The first-order valence-corrected chi connectivity index (χ1v) is 11.9. The summed E-state index contributed by atoms with van der Waals surface area (Å²) in [5.41, 5.74) is 1.51. The smallest absolute Gasteiger partial charge is 0.335 e. The fourth-order valence-electron chi connectivity index (χ4n) is 3.41. The van der Waals surface area contributed by atoms with E-state index in [9.17, 15) is 19.2 Å². The molecule has 4 rings (SSSR count). The van der Waals surface area contributed by atoms with Crippen LogP contribution in [0.1, 0.15) is 11.1 Å². The lowest BCUT2D eigenvalue weighted by Crippen LogP contribution is -2.54. The molecule has 11 heteroatoms. The van der Waals surface area contributed by atoms with Crippen molar-refractivity contribution in [2.45, 2.75) is 6.92 Å². The lowest BCUT2D eigenvalue weighted by atomic mass is 10.1. The zero-order chi connectivity index (χ0) is 26.7. The maximum Gasteiger partial charge on any atom is 0.335 e. The second-order valence-corrected chi connectivity index (χ2v) is 9.20. The van der Waals surface area contributed by atoms with Crippen LogP contribution in [0.3, 0.4) is 0 Å². The molecule has 1 saturated heterocycles. The maximum atomic E-state index is 13.1. The molecular weight excluding hydrogens is 541 g/mol. The molecule has 8 nitrogen and oxygen atoms in total. The number of hydrogen-bond acceptors (Lipinski definition) is 5. The van der Waals surface area contributed by atoms with E-state index in [2.05, 4.69) is 10.6 Å². The molecule has 1 aliphatic rings. The number of urea groups is 1. The van der Waals surface area contributed by atoms with Crippen LogP contribution in [0.5, 0.6) is 5.75 Å². The highest BCUT2D eigenvalue weighted by atomic mass is 35.5. The van der Waals surface area contributed by atoms with E-state index in [1.54, 1.807) is 18.2 Å². The van der Waals surface area contributed by atoms with Gasteiger partial charge in [-0.1, -0.05) is 40.9 Å². The van der Waals surface area contributed by atoms with Crippen LogP contribution in [0.15, 0.2) is 66.2 Å². The van der Waals surface area contributed by atoms with Crippen molar-refractivity contribution in [3.63, 3.8) is 0 Å². The number of nitrogens with zero attached hydrogens (tertiary/aromatic N) is 1. The lowest BCUT2D eigenvalue weighted by Gasteiger charge is -2.26. The molecule has 0 saturated carbocycles. The number of amides is 5. The normalized spacial score (nSPS) is 14.5. The van der Waals surface area contributed by atoms with Gasteiger partial charge in [-0.05, 0) is 73.2 Å². The third-order valence-electron chi connectivity index (χ3n) is 5.27. The van der Waals surface area contributed by atoms with Crippen LogP contribution in [0.4, 0.5) is 16.2 Å². The summed E-state index contributed by atoms with van der Waals surface area (Å²) in [6.07, 6.45) is 1.24.